The molecule has 0 aromatic heterocycles. The van der Waals surface area contributed by atoms with Gasteiger partial charge >= 0.3 is 0 Å². The number of benzene rings is 2. The Kier molecular flexibility index (Phi) is 3.15. The third-order valence-electron chi connectivity index (χ3n) is 3.55. The summed E-state index contributed by atoms with van der Waals surface area (Å²) in [5.74, 6) is 1.03. The van der Waals surface area contributed by atoms with Gasteiger partial charge in [0.05, 0.1) is 11.4 Å². The van der Waals surface area contributed by atoms with Crippen molar-refractivity contribution < 1.29 is 0 Å². The van der Waals surface area contributed by atoms with Gasteiger partial charge in [-0.25, -0.2) is 4.99 Å². The lowest BCUT2D eigenvalue weighted by Crippen LogP contribution is -2.25. The van der Waals surface area contributed by atoms with Crippen LogP contribution in [0.5, 0.6) is 0 Å². The van der Waals surface area contributed by atoms with Crippen molar-refractivity contribution in [3.05, 3.63) is 77.1 Å². The molecule has 20 heavy (non-hydrogen) atoms. The molecule has 0 bridgehead atoms. The lowest BCUT2D eigenvalue weighted by Gasteiger charge is -2.29. The van der Waals surface area contributed by atoms with Gasteiger partial charge in [0.2, 0.25) is 0 Å². The molecule has 1 heterocycles. The van der Waals surface area contributed by atoms with E-state index in [0.29, 0.717) is 0 Å². The standard InChI is InChI=1S/C18H18N2/c1-13(2)18-19-17(14-9-5-4-6-10-14)15-11-7-8-12-16(15)20(18)3/h4-12H,1-3H3. The molecule has 0 radical (unpaired) electrons. The van der Waals surface area contributed by atoms with E-state index in [1.807, 2.05) is 6.07 Å². The lowest BCUT2D eigenvalue weighted by molar-refractivity contribution is 1.00. The Morgan fingerprint density at radius 1 is 0.900 bits per heavy atom. The lowest BCUT2D eigenvalue weighted by atomic mass is 9.98. The van der Waals surface area contributed by atoms with Crippen molar-refractivity contribution in [2.75, 3.05) is 11.9 Å². The Labute approximate surface area is 120 Å². The van der Waals surface area contributed by atoms with E-state index in [0.717, 1.165) is 17.1 Å². The number of para-hydroxylation sites is 1. The van der Waals surface area contributed by atoms with Crippen molar-refractivity contribution in [2.45, 2.75) is 13.8 Å². The summed E-state index contributed by atoms with van der Waals surface area (Å²) in [5.41, 5.74) is 5.82. The van der Waals surface area contributed by atoms with E-state index in [-0.39, 0.29) is 0 Å². The van der Waals surface area contributed by atoms with Crippen LogP contribution >= 0.6 is 0 Å². The number of hydrogen-bond donors (Lipinski definition) is 0. The molecular weight excluding hydrogens is 244 g/mol. The molecule has 1 aliphatic rings. The van der Waals surface area contributed by atoms with Crippen LogP contribution in [0.1, 0.15) is 25.0 Å². The van der Waals surface area contributed by atoms with Crippen molar-refractivity contribution in [2.24, 2.45) is 4.99 Å². The number of hydrogen-bond acceptors (Lipinski definition) is 2. The van der Waals surface area contributed by atoms with E-state index >= 15 is 0 Å². The zero-order chi connectivity index (χ0) is 14.1. The maximum absolute atomic E-state index is 4.90. The molecule has 2 heteroatoms. The van der Waals surface area contributed by atoms with Gasteiger partial charge in [0.25, 0.3) is 0 Å². The highest BCUT2D eigenvalue weighted by atomic mass is 15.2. The predicted molar refractivity (Wildman–Crippen MR) is 85.3 cm³/mol. The highest BCUT2D eigenvalue weighted by Crippen LogP contribution is 2.32. The molecular formula is C18H18N2. The van der Waals surface area contributed by atoms with Crippen LogP contribution in [0.15, 0.2) is 71.0 Å². The zero-order valence-electron chi connectivity index (χ0n) is 12.1. The highest BCUT2D eigenvalue weighted by molar-refractivity contribution is 6.17. The fourth-order valence-electron chi connectivity index (χ4n) is 2.58. The number of anilines is 1. The fraction of sp³-hybridized carbons (Fsp3) is 0.167. The summed E-state index contributed by atoms with van der Waals surface area (Å²) in [6.45, 7) is 4.21. The second-order valence-electron chi connectivity index (χ2n) is 5.23. The van der Waals surface area contributed by atoms with Gasteiger partial charge in [0.1, 0.15) is 5.82 Å². The second-order valence-corrected chi connectivity index (χ2v) is 5.23. The third-order valence-corrected chi connectivity index (χ3v) is 3.55. The summed E-state index contributed by atoms with van der Waals surface area (Å²) < 4.78 is 0. The summed E-state index contributed by atoms with van der Waals surface area (Å²) in [4.78, 5) is 7.06. The van der Waals surface area contributed by atoms with Crippen LogP contribution in [0.2, 0.25) is 0 Å². The average molecular weight is 262 g/mol. The van der Waals surface area contributed by atoms with Crippen LogP contribution in [-0.2, 0) is 0 Å². The molecule has 100 valence electrons. The molecule has 2 aromatic carbocycles. The molecule has 3 rings (SSSR count). The predicted octanol–water partition coefficient (Wildman–Crippen LogP) is 4.23. The minimum atomic E-state index is 1.03. The number of aliphatic imine (C=N–C) groups is 1. The van der Waals surface area contributed by atoms with E-state index in [1.54, 1.807) is 0 Å². The van der Waals surface area contributed by atoms with E-state index in [1.165, 1.54) is 16.8 Å². The first-order valence-electron chi connectivity index (χ1n) is 6.83. The topological polar surface area (TPSA) is 15.6 Å². The quantitative estimate of drug-likeness (QED) is 0.751. The maximum Gasteiger partial charge on any atom is 0.132 e. The number of fused-ring (bicyclic) bond motifs is 1. The van der Waals surface area contributed by atoms with Crippen LogP contribution < -0.4 is 4.90 Å². The minimum absolute atomic E-state index is 1.03. The van der Waals surface area contributed by atoms with Crippen LogP contribution in [0.25, 0.3) is 0 Å². The smallest absolute Gasteiger partial charge is 0.132 e. The molecule has 0 N–H and O–H groups in total. The van der Waals surface area contributed by atoms with E-state index in [4.69, 9.17) is 4.99 Å². The average Bonchev–Trinajstić information content (AvgIpc) is 2.48. The van der Waals surface area contributed by atoms with Crippen molar-refractivity contribution in [3.8, 4) is 0 Å². The van der Waals surface area contributed by atoms with Crippen LogP contribution in [0.4, 0.5) is 5.69 Å². The molecule has 0 spiro atoms. The third kappa shape index (κ3) is 2.03. The molecule has 0 saturated carbocycles. The van der Waals surface area contributed by atoms with Crippen LogP contribution in [0.3, 0.4) is 0 Å². The van der Waals surface area contributed by atoms with Gasteiger partial charge in [-0.2, -0.15) is 0 Å². The van der Waals surface area contributed by atoms with Gasteiger partial charge in [-0.05, 0) is 25.5 Å². The molecule has 2 nitrogen and oxygen atoms in total. The molecule has 0 unspecified atom stereocenters. The number of rotatable bonds is 1. The molecule has 2 aromatic rings. The van der Waals surface area contributed by atoms with Gasteiger partial charge in [0, 0.05) is 18.2 Å². The summed E-state index contributed by atoms with van der Waals surface area (Å²) >= 11 is 0. The van der Waals surface area contributed by atoms with E-state index < -0.39 is 0 Å². The Morgan fingerprint density at radius 2 is 1.55 bits per heavy atom. The molecule has 0 amide bonds. The van der Waals surface area contributed by atoms with E-state index in [9.17, 15) is 0 Å². The van der Waals surface area contributed by atoms with Crippen molar-refractivity contribution in [3.63, 3.8) is 0 Å². The highest BCUT2D eigenvalue weighted by Gasteiger charge is 2.22. The van der Waals surface area contributed by atoms with Gasteiger partial charge < -0.3 is 4.90 Å². The van der Waals surface area contributed by atoms with Crippen LogP contribution in [-0.4, -0.2) is 12.8 Å². The Hall–Kier alpha value is -2.35. The fourth-order valence-corrected chi connectivity index (χ4v) is 2.58. The number of allylic oxidation sites excluding steroid dienone is 1. The Morgan fingerprint density at radius 3 is 2.25 bits per heavy atom. The van der Waals surface area contributed by atoms with Crippen molar-refractivity contribution in [1.82, 2.24) is 0 Å². The van der Waals surface area contributed by atoms with Gasteiger partial charge in [0.15, 0.2) is 0 Å². The first-order valence-corrected chi connectivity index (χ1v) is 6.83. The first-order chi connectivity index (χ1) is 9.68. The van der Waals surface area contributed by atoms with Gasteiger partial charge in [-0.3, -0.25) is 0 Å². The SMILES string of the molecule is CC(C)=C1N=C(c2ccccc2)c2ccccc2N1C. The van der Waals surface area contributed by atoms with Crippen LogP contribution in [0, 0.1) is 0 Å². The monoisotopic (exact) mass is 262 g/mol. The maximum atomic E-state index is 4.90. The minimum Gasteiger partial charge on any atom is -0.329 e. The molecule has 0 aliphatic carbocycles. The zero-order valence-corrected chi connectivity index (χ0v) is 12.1. The first kappa shape index (κ1) is 12.7. The van der Waals surface area contributed by atoms with Crippen molar-refractivity contribution >= 4 is 11.4 Å². The molecule has 0 fully saturated rings. The Balaban J connectivity index is 2.26. The largest absolute Gasteiger partial charge is 0.329 e. The second kappa shape index (κ2) is 4.97. The molecule has 0 saturated heterocycles. The van der Waals surface area contributed by atoms with Gasteiger partial charge in [-0.15, -0.1) is 0 Å². The summed E-state index contributed by atoms with van der Waals surface area (Å²) in [5, 5.41) is 0. The Bertz CT molecular complexity index is 692. The van der Waals surface area contributed by atoms with E-state index in [2.05, 4.69) is 74.3 Å². The summed E-state index contributed by atoms with van der Waals surface area (Å²) in [7, 11) is 2.08. The molecule has 1 aliphatic heterocycles. The normalized spacial score (nSPS) is 13.8. The van der Waals surface area contributed by atoms with Gasteiger partial charge in [-0.1, -0.05) is 48.5 Å². The summed E-state index contributed by atoms with van der Waals surface area (Å²) in [6.07, 6.45) is 0. The summed E-state index contributed by atoms with van der Waals surface area (Å²) in [6, 6.07) is 18.8. The number of nitrogens with zero attached hydrogens (tertiary/aromatic N) is 2. The molecule has 0 atom stereocenters. The van der Waals surface area contributed by atoms with Crippen molar-refractivity contribution in [1.29, 1.82) is 0 Å².